The van der Waals surface area contributed by atoms with Gasteiger partial charge in [-0.15, -0.1) is 0 Å². The minimum Gasteiger partial charge on any atom is -0.380 e. The SMILES string of the molecule is COCc1ccccc1C(=O)N1CCNCC1. The molecule has 0 aromatic heterocycles. The van der Waals surface area contributed by atoms with Gasteiger partial charge in [-0.25, -0.2) is 0 Å². The molecule has 1 N–H and O–H groups in total. The monoisotopic (exact) mass is 234 g/mol. The molecule has 4 heteroatoms. The van der Waals surface area contributed by atoms with E-state index in [2.05, 4.69) is 5.32 Å². The Labute approximate surface area is 102 Å². The molecule has 2 rings (SSSR count). The van der Waals surface area contributed by atoms with Crippen molar-refractivity contribution in [1.29, 1.82) is 0 Å². The van der Waals surface area contributed by atoms with E-state index in [-0.39, 0.29) is 5.91 Å². The number of ether oxygens (including phenoxy) is 1. The predicted octanol–water partition coefficient (Wildman–Crippen LogP) is 0.878. The van der Waals surface area contributed by atoms with Gasteiger partial charge in [0.25, 0.3) is 5.91 Å². The first-order valence-corrected chi connectivity index (χ1v) is 5.90. The first-order valence-electron chi connectivity index (χ1n) is 5.90. The molecule has 17 heavy (non-hydrogen) atoms. The average molecular weight is 234 g/mol. The van der Waals surface area contributed by atoms with Crippen molar-refractivity contribution < 1.29 is 9.53 Å². The van der Waals surface area contributed by atoms with Crippen LogP contribution in [0.15, 0.2) is 24.3 Å². The zero-order chi connectivity index (χ0) is 12.1. The van der Waals surface area contributed by atoms with Crippen LogP contribution in [0.4, 0.5) is 0 Å². The lowest BCUT2D eigenvalue weighted by atomic mass is 10.1. The molecular formula is C13H18N2O2. The summed E-state index contributed by atoms with van der Waals surface area (Å²) in [5.41, 5.74) is 1.72. The number of hydrogen-bond acceptors (Lipinski definition) is 3. The van der Waals surface area contributed by atoms with E-state index in [4.69, 9.17) is 4.74 Å². The van der Waals surface area contributed by atoms with E-state index in [0.29, 0.717) is 6.61 Å². The summed E-state index contributed by atoms with van der Waals surface area (Å²) in [6.45, 7) is 3.78. The van der Waals surface area contributed by atoms with E-state index in [1.54, 1.807) is 7.11 Å². The van der Waals surface area contributed by atoms with Crippen molar-refractivity contribution in [2.45, 2.75) is 6.61 Å². The largest absolute Gasteiger partial charge is 0.380 e. The van der Waals surface area contributed by atoms with Gasteiger partial charge in [0.15, 0.2) is 0 Å². The van der Waals surface area contributed by atoms with Crippen molar-refractivity contribution >= 4 is 5.91 Å². The van der Waals surface area contributed by atoms with Gasteiger partial charge in [-0.05, 0) is 11.6 Å². The minimum atomic E-state index is 0.110. The van der Waals surface area contributed by atoms with Crippen molar-refractivity contribution in [2.75, 3.05) is 33.3 Å². The van der Waals surface area contributed by atoms with Crippen LogP contribution >= 0.6 is 0 Å². The van der Waals surface area contributed by atoms with Gasteiger partial charge < -0.3 is 15.0 Å². The summed E-state index contributed by atoms with van der Waals surface area (Å²) >= 11 is 0. The van der Waals surface area contributed by atoms with Crippen molar-refractivity contribution in [3.05, 3.63) is 35.4 Å². The van der Waals surface area contributed by atoms with Gasteiger partial charge in [0.1, 0.15) is 0 Å². The fourth-order valence-electron chi connectivity index (χ4n) is 2.05. The Bertz CT molecular complexity index is 387. The maximum absolute atomic E-state index is 12.3. The zero-order valence-corrected chi connectivity index (χ0v) is 10.1. The highest BCUT2D eigenvalue weighted by Crippen LogP contribution is 2.13. The van der Waals surface area contributed by atoms with Crippen LogP contribution in [0.3, 0.4) is 0 Å². The van der Waals surface area contributed by atoms with Gasteiger partial charge in [0, 0.05) is 38.9 Å². The van der Waals surface area contributed by atoms with E-state index < -0.39 is 0 Å². The lowest BCUT2D eigenvalue weighted by Crippen LogP contribution is -2.46. The van der Waals surface area contributed by atoms with Crippen LogP contribution in [-0.4, -0.2) is 44.1 Å². The van der Waals surface area contributed by atoms with E-state index in [1.807, 2.05) is 29.2 Å². The average Bonchev–Trinajstić information content (AvgIpc) is 2.40. The van der Waals surface area contributed by atoms with E-state index in [0.717, 1.165) is 37.3 Å². The normalized spacial score (nSPS) is 15.9. The highest BCUT2D eigenvalue weighted by Gasteiger charge is 2.19. The number of hydrogen-bond donors (Lipinski definition) is 1. The fourth-order valence-corrected chi connectivity index (χ4v) is 2.05. The molecule has 0 aliphatic carbocycles. The summed E-state index contributed by atoms with van der Waals surface area (Å²) in [6, 6.07) is 7.65. The lowest BCUT2D eigenvalue weighted by Gasteiger charge is -2.28. The van der Waals surface area contributed by atoms with Crippen LogP contribution in [0.2, 0.25) is 0 Å². The molecule has 1 aliphatic rings. The molecule has 1 aromatic rings. The van der Waals surface area contributed by atoms with Gasteiger partial charge in [-0.2, -0.15) is 0 Å². The topological polar surface area (TPSA) is 41.6 Å². The third-order valence-corrected chi connectivity index (χ3v) is 2.95. The summed E-state index contributed by atoms with van der Waals surface area (Å²) in [7, 11) is 1.64. The van der Waals surface area contributed by atoms with Crippen LogP contribution in [0.5, 0.6) is 0 Å². The van der Waals surface area contributed by atoms with Crippen molar-refractivity contribution in [2.24, 2.45) is 0 Å². The first-order chi connectivity index (χ1) is 8.33. The quantitative estimate of drug-likeness (QED) is 0.844. The molecule has 0 atom stereocenters. The van der Waals surface area contributed by atoms with Crippen LogP contribution in [0, 0.1) is 0 Å². The molecule has 4 nitrogen and oxygen atoms in total. The van der Waals surface area contributed by atoms with Crippen LogP contribution in [0.1, 0.15) is 15.9 Å². The number of amides is 1. The molecule has 1 aromatic carbocycles. The number of methoxy groups -OCH3 is 1. The van der Waals surface area contributed by atoms with Crippen LogP contribution < -0.4 is 5.32 Å². The molecule has 0 saturated carbocycles. The van der Waals surface area contributed by atoms with Gasteiger partial charge in [0.05, 0.1) is 6.61 Å². The number of carbonyl (C=O) groups excluding carboxylic acids is 1. The van der Waals surface area contributed by atoms with E-state index in [9.17, 15) is 4.79 Å². The summed E-state index contributed by atoms with van der Waals surface area (Å²) < 4.78 is 5.12. The molecule has 0 bridgehead atoms. The number of carbonyl (C=O) groups is 1. The second-order valence-electron chi connectivity index (χ2n) is 4.13. The molecule has 0 unspecified atom stereocenters. The number of nitrogens with one attached hydrogen (secondary N) is 1. The van der Waals surface area contributed by atoms with Crippen molar-refractivity contribution in [3.63, 3.8) is 0 Å². The minimum absolute atomic E-state index is 0.110. The number of piperazine rings is 1. The van der Waals surface area contributed by atoms with Crippen molar-refractivity contribution in [3.8, 4) is 0 Å². The van der Waals surface area contributed by atoms with Gasteiger partial charge >= 0.3 is 0 Å². The van der Waals surface area contributed by atoms with E-state index >= 15 is 0 Å². The van der Waals surface area contributed by atoms with Gasteiger partial charge in [0.2, 0.25) is 0 Å². The molecule has 1 fully saturated rings. The molecule has 1 saturated heterocycles. The Morgan fingerprint density at radius 3 is 2.76 bits per heavy atom. The van der Waals surface area contributed by atoms with Crippen LogP contribution in [-0.2, 0) is 11.3 Å². The molecule has 0 radical (unpaired) electrons. The van der Waals surface area contributed by atoms with Gasteiger partial charge in [-0.1, -0.05) is 18.2 Å². The second kappa shape index (κ2) is 5.80. The third-order valence-electron chi connectivity index (χ3n) is 2.95. The molecular weight excluding hydrogens is 216 g/mol. The Hall–Kier alpha value is -1.39. The molecule has 1 aliphatic heterocycles. The summed E-state index contributed by atoms with van der Waals surface area (Å²) in [6.07, 6.45) is 0. The highest BCUT2D eigenvalue weighted by molar-refractivity contribution is 5.95. The maximum atomic E-state index is 12.3. The highest BCUT2D eigenvalue weighted by atomic mass is 16.5. The Morgan fingerprint density at radius 1 is 1.35 bits per heavy atom. The number of nitrogens with zero attached hydrogens (tertiary/aromatic N) is 1. The molecule has 92 valence electrons. The van der Waals surface area contributed by atoms with Gasteiger partial charge in [-0.3, -0.25) is 4.79 Å². The second-order valence-corrected chi connectivity index (χ2v) is 4.13. The smallest absolute Gasteiger partial charge is 0.254 e. The maximum Gasteiger partial charge on any atom is 0.254 e. The summed E-state index contributed by atoms with van der Waals surface area (Å²) in [4.78, 5) is 14.2. The summed E-state index contributed by atoms with van der Waals surface area (Å²) in [5, 5.41) is 3.24. The lowest BCUT2D eigenvalue weighted by molar-refractivity contribution is 0.0731. The molecule has 0 spiro atoms. The number of rotatable bonds is 3. The zero-order valence-electron chi connectivity index (χ0n) is 10.1. The Morgan fingerprint density at radius 2 is 2.06 bits per heavy atom. The Balaban J connectivity index is 2.17. The Kier molecular flexibility index (Phi) is 4.12. The molecule has 1 amide bonds. The first kappa shape index (κ1) is 12.1. The van der Waals surface area contributed by atoms with E-state index in [1.165, 1.54) is 0 Å². The molecule has 1 heterocycles. The predicted molar refractivity (Wildman–Crippen MR) is 65.9 cm³/mol. The standard InChI is InChI=1S/C13H18N2O2/c1-17-10-11-4-2-3-5-12(11)13(16)15-8-6-14-7-9-15/h2-5,14H,6-10H2,1H3. The number of benzene rings is 1. The summed E-state index contributed by atoms with van der Waals surface area (Å²) in [5.74, 6) is 0.110. The van der Waals surface area contributed by atoms with Crippen molar-refractivity contribution in [1.82, 2.24) is 10.2 Å². The van der Waals surface area contributed by atoms with Crippen LogP contribution in [0.25, 0.3) is 0 Å². The fraction of sp³-hybridized carbons (Fsp3) is 0.462. The third kappa shape index (κ3) is 2.84.